The lowest BCUT2D eigenvalue weighted by molar-refractivity contribution is -0.161. The Bertz CT molecular complexity index is 1770. The number of phosphoric acid groups is 2. The molecule has 90 heavy (non-hydrogen) atoms. The molecule has 0 saturated heterocycles. The molecular formula is C71H138O17P2. The number of carbonyl (C=O) groups excluding carboxylic acids is 4. The van der Waals surface area contributed by atoms with Gasteiger partial charge in [0.1, 0.15) is 19.3 Å². The fraction of sp³-hybridized carbons (Fsp3) is 0.944. The Balaban J connectivity index is 5.18. The summed E-state index contributed by atoms with van der Waals surface area (Å²) in [5, 5.41) is 10.6. The van der Waals surface area contributed by atoms with Gasteiger partial charge in [0, 0.05) is 25.7 Å². The van der Waals surface area contributed by atoms with Crippen molar-refractivity contribution in [2.24, 2.45) is 17.8 Å². The highest BCUT2D eigenvalue weighted by Crippen LogP contribution is 2.45. The second kappa shape index (κ2) is 61.9. The molecule has 3 N–H and O–H groups in total. The van der Waals surface area contributed by atoms with E-state index in [0.29, 0.717) is 37.5 Å². The van der Waals surface area contributed by atoms with Gasteiger partial charge in [0.2, 0.25) is 0 Å². The second-order valence-electron chi connectivity index (χ2n) is 26.8. The molecule has 0 aliphatic carbocycles. The van der Waals surface area contributed by atoms with E-state index in [1.807, 2.05) is 0 Å². The van der Waals surface area contributed by atoms with E-state index < -0.39 is 97.5 Å². The van der Waals surface area contributed by atoms with E-state index in [0.717, 1.165) is 102 Å². The number of unbranched alkanes of at least 4 members (excludes halogenated alkanes) is 36. The summed E-state index contributed by atoms with van der Waals surface area (Å²) in [7, 11) is -9.90. The fourth-order valence-corrected chi connectivity index (χ4v) is 12.3. The van der Waals surface area contributed by atoms with Gasteiger partial charge in [0.25, 0.3) is 0 Å². The van der Waals surface area contributed by atoms with E-state index in [4.69, 9.17) is 37.0 Å². The van der Waals surface area contributed by atoms with Gasteiger partial charge in [-0.2, -0.15) is 0 Å². The molecule has 0 aliphatic rings. The number of esters is 4. The highest BCUT2D eigenvalue weighted by molar-refractivity contribution is 7.47. The molecule has 3 unspecified atom stereocenters. The first kappa shape index (κ1) is 88.1. The molecule has 0 spiro atoms. The van der Waals surface area contributed by atoms with Crippen molar-refractivity contribution in [2.75, 3.05) is 39.6 Å². The smallest absolute Gasteiger partial charge is 0.462 e. The van der Waals surface area contributed by atoms with Gasteiger partial charge in [0.05, 0.1) is 26.4 Å². The van der Waals surface area contributed by atoms with Crippen LogP contribution < -0.4 is 0 Å². The number of hydrogen-bond donors (Lipinski definition) is 3. The van der Waals surface area contributed by atoms with Crippen molar-refractivity contribution in [2.45, 2.75) is 375 Å². The molecule has 0 amide bonds. The van der Waals surface area contributed by atoms with Gasteiger partial charge in [-0.15, -0.1) is 0 Å². The van der Waals surface area contributed by atoms with Crippen LogP contribution in [0.15, 0.2) is 0 Å². The molecule has 0 rings (SSSR count). The van der Waals surface area contributed by atoms with E-state index in [1.54, 1.807) is 0 Å². The number of aliphatic hydroxyl groups excluding tert-OH is 1. The number of rotatable bonds is 69. The summed E-state index contributed by atoms with van der Waals surface area (Å²) in [5.74, 6) is -0.00717. The molecule has 0 saturated carbocycles. The Hall–Kier alpha value is -1.94. The average molecular weight is 1330 g/mol. The van der Waals surface area contributed by atoms with E-state index in [-0.39, 0.29) is 25.7 Å². The Labute approximate surface area is 549 Å². The molecule has 6 atom stereocenters. The standard InChI is InChI=1S/C71H138O17P2/c1-8-10-11-12-13-14-15-16-17-18-19-20-21-22-23-24-25-30-40-47-54-70(75)87-66(58-81-68(73)52-45-38-29-27-26-28-37-44-51-64(7)9-2)60-85-89(77,78)83-56-65(72)57-84-90(79,80)86-61-67(88-71(76)55-48-41-34-32-36-43-50-63(5)6)59-82-69(74)53-46-39-33-31-35-42-49-62(3)4/h62-67,72H,8-61H2,1-7H3,(H,77,78)(H,79,80)/t64?,65-,66-,67-/m1/s1. The van der Waals surface area contributed by atoms with E-state index in [2.05, 4.69) is 48.5 Å². The van der Waals surface area contributed by atoms with Crippen molar-refractivity contribution in [1.82, 2.24) is 0 Å². The van der Waals surface area contributed by atoms with Gasteiger partial charge in [0.15, 0.2) is 12.2 Å². The normalized spacial score (nSPS) is 14.5. The van der Waals surface area contributed by atoms with Crippen molar-refractivity contribution >= 4 is 39.5 Å². The molecule has 17 nitrogen and oxygen atoms in total. The van der Waals surface area contributed by atoms with Crippen molar-refractivity contribution in [1.29, 1.82) is 0 Å². The van der Waals surface area contributed by atoms with Crippen molar-refractivity contribution in [3.8, 4) is 0 Å². The van der Waals surface area contributed by atoms with Gasteiger partial charge in [-0.25, -0.2) is 9.13 Å². The summed E-state index contributed by atoms with van der Waals surface area (Å²) >= 11 is 0. The zero-order valence-corrected chi connectivity index (χ0v) is 60.4. The Morgan fingerprint density at radius 3 is 0.844 bits per heavy atom. The lowest BCUT2D eigenvalue weighted by atomic mass is 9.99. The Morgan fingerprint density at radius 2 is 0.567 bits per heavy atom. The van der Waals surface area contributed by atoms with Crippen LogP contribution in [-0.4, -0.2) is 96.7 Å². The molecule has 0 heterocycles. The van der Waals surface area contributed by atoms with Crippen LogP contribution in [0, 0.1) is 17.8 Å². The fourth-order valence-electron chi connectivity index (χ4n) is 10.7. The van der Waals surface area contributed by atoms with Crippen molar-refractivity contribution in [3.05, 3.63) is 0 Å². The third-order valence-electron chi connectivity index (χ3n) is 16.7. The molecule has 0 fully saturated rings. The molecule has 0 bridgehead atoms. The highest BCUT2D eigenvalue weighted by atomic mass is 31.2. The number of carbonyl (C=O) groups is 4. The Kier molecular flexibility index (Phi) is 60.6. The molecule has 0 radical (unpaired) electrons. The van der Waals surface area contributed by atoms with E-state index in [1.165, 1.54) is 161 Å². The predicted molar refractivity (Wildman–Crippen MR) is 363 cm³/mol. The zero-order valence-electron chi connectivity index (χ0n) is 58.6. The first-order valence-electron chi connectivity index (χ1n) is 36.9. The lowest BCUT2D eigenvalue weighted by Crippen LogP contribution is -2.30. The minimum Gasteiger partial charge on any atom is -0.462 e. The molecule has 0 aliphatic heterocycles. The van der Waals surface area contributed by atoms with Crippen LogP contribution >= 0.6 is 15.6 Å². The van der Waals surface area contributed by atoms with Crippen LogP contribution in [0.1, 0.15) is 357 Å². The summed E-state index contributed by atoms with van der Waals surface area (Å²) in [6.45, 7) is 11.7. The van der Waals surface area contributed by atoms with Crippen molar-refractivity contribution in [3.63, 3.8) is 0 Å². The minimum atomic E-state index is -4.95. The van der Waals surface area contributed by atoms with Crippen molar-refractivity contribution < 1.29 is 80.2 Å². The Morgan fingerprint density at radius 1 is 0.322 bits per heavy atom. The SMILES string of the molecule is CCCCCCCCCCCCCCCCCCCCCCC(=O)O[C@H](COC(=O)CCCCCCCCCCC(C)CC)COP(=O)(O)OC[C@@H](O)COP(=O)(O)OC[C@@H](COC(=O)CCCCCCCCC(C)C)OC(=O)CCCCCCCCC(C)C. The molecule has 534 valence electrons. The highest BCUT2D eigenvalue weighted by Gasteiger charge is 2.30. The number of aliphatic hydroxyl groups is 1. The monoisotopic (exact) mass is 1320 g/mol. The summed E-state index contributed by atoms with van der Waals surface area (Å²) < 4.78 is 68.2. The zero-order chi connectivity index (χ0) is 66.6. The maximum atomic E-state index is 13.0. The first-order valence-corrected chi connectivity index (χ1v) is 39.9. The van der Waals surface area contributed by atoms with Gasteiger partial charge >= 0.3 is 39.5 Å². The predicted octanol–water partition coefficient (Wildman–Crippen LogP) is 20.2. The van der Waals surface area contributed by atoms with Crippen LogP contribution in [-0.2, 0) is 65.4 Å². The number of phosphoric ester groups is 2. The summed E-state index contributed by atoms with van der Waals surface area (Å²) in [5.41, 5.74) is 0. The van der Waals surface area contributed by atoms with Gasteiger partial charge in [-0.1, -0.05) is 305 Å². The lowest BCUT2D eigenvalue weighted by Gasteiger charge is -2.21. The largest absolute Gasteiger partial charge is 0.472 e. The van der Waals surface area contributed by atoms with E-state index in [9.17, 15) is 43.2 Å². The first-order chi connectivity index (χ1) is 43.3. The summed E-state index contributed by atoms with van der Waals surface area (Å²) in [6, 6.07) is 0. The van der Waals surface area contributed by atoms with Gasteiger partial charge < -0.3 is 33.8 Å². The summed E-state index contributed by atoms with van der Waals surface area (Å²) in [6.07, 6.45) is 46.3. The van der Waals surface area contributed by atoms with E-state index >= 15 is 0 Å². The summed E-state index contributed by atoms with van der Waals surface area (Å²) in [4.78, 5) is 72.4. The van der Waals surface area contributed by atoms with Gasteiger partial charge in [-0.3, -0.25) is 37.3 Å². The maximum Gasteiger partial charge on any atom is 0.472 e. The van der Waals surface area contributed by atoms with Gasteiger partial charge in [-0.05, 0) is 43.4 Å². The number of ether oxygens (including phenoxy) is 4. The quantitative estimate of drug-likeness (QED) is 0.0222. The molecule has 19 heteroatoms. The number of hydrogen-bond acceptors (Lipinski definition) is 15. The third-order valence-corrected chi connectivity index (χ3v) is 18.6. The van der Waals surface area contributed by atoms with Crippen LogP contribution in [0.3, 0.4) is 0 Å². The van der Waals surface area contributed by atoms with Crippen LogP contribution in [0.4, 0.5) is 0 Å². The molecule has 0 aromatic rings. The topological polar surface area (TPSA) is 237 Å². The average Bonchev–Trinajstić information content (AvgIpc) is 3.70. The third kappa shape index (κ3) is 63.5. The maximum absolute atomic E-state index is 13.0. The second-order valence-corrected chi connectivity index (χ2v) is 29.7. The minimum absolute atomic E-state index is 0.101. The molecule has 0 aromatic heterocycles. The molecule has 0 aromatic carbocycles. The van der Waals surface area contributed by atoms with Crippen LogP contribution in [0.25, 0.3) is 0 Å². The molecular weight excluding hydrogens is 1190 g/mol. The van der Waals surface area contributed by atoms with Crippen LogP contribution in [0.5, 0.6) is 0 Å². The van der Waals surface area contributed by atoms with Crippen LogP contribution in [0.2, 0.25) is 0 Å².